The lowest BCUT2D eigenvalue weighted by Gasteiger charge is -2.11. The predicted molar refractivity (Wildman–Crippen MR) is 89.2 cm³/mol. The maximum absolute atomic E-state index is 10.9. The molecule has 0 radical (unpaired) electrons. The van der Waals surface area contributed by atoms with Crippen LogP contribution in [0.1, 0.15) is 38.5 Å². The van der Waals surface area contributed by atoms with Crippen LogP contribution in [0.25, 0.3) is 0 Å². The second-order valence-corrected chi connectivity index (χ2v) is 5.45. The van der Waals surface area contributed by atoms with Crippen LogP contribution in [0.3, 0.4) is 0 Å². The second-order valence-electron chi connectivity index (χ2n) is 5.45. The van der Waals surface area contributed by atoms with Gasteiger partial charge in [0, 0.05) is 12.1 Å². The quantitative estimate of drug-likeness (QED) is 0.723. The minimum absolute atomic E-state index is 0. The van der Waals surface area contributed by atoms with E-state index in [1.54, 1.807) is 0 Å². The summed E-state index contributed by atoms with van der Waals surface area (Å²) in [6.45, 7) is 0. The molecule has 0 unspecified atom stereocenters. The van der Waals surface area contributed by atoms with Crippen molar-refractivity contribution >= 4 is 36.8 Å². The molecule has 4 atom stereocenters. The van der Waals surface area contributed by atoms with Crippen molar-refractivity contribution in [2.24, 2.45) is 23.3 Å². The van der Waals surface area contributed by atoms with Crippen molar-refractivity contribution in [1.82, 2.24) is 0 Å². The van der Waals surface area contributed by atoms with E-state index in [-0.39, 0.29) is 60.7 Å². The number of carbonyl (C=O) groups is 2. The Kier molecular flexibility index (Phi) is 12.9. The molecule has 2 saturated carbocycles. The predicted octanol–water partition coefficient (Wildman–Crippen LogP) is 1.42. The van der Waals surface area contributed by atoms with Gasteiger partial charge < -0.3 is 20.9 Å². The summed E-state index contributed by atoms with van der Waals surface area (Å²) in [5.74, 6) is -0.370. The summed E-state index contributed by atoms with van der Waals surface area (Å²) in [4.78, 5) is 21.8. The topological polar surface area (TPSA) is 105 Å². The van der Waals surface area contributed by atoms with E-state index >= 15 is 0 Å². The van der Waals surface area contributed by atoms with Gasteiger partial charge in [-0.15, -0.1) is 24.8 Å². The zero-order chi connectivity index (χ0) is 15.1. The molecule has 0 heterocycles. The van der Waals surface area contributed by atoms with Crippen LogP contribution >= 0.6 is 24.8 Å². The van der Waals surface area contributed by atoms with Crippen LogP contribution < -0.4 is 11.5 Å². The molecule has 132 valence electrons. The van der Waals surface area contributed by atoms with Crippen molar-refractivity contribution in [3.63, 3.8) is 0 Å². The van der Waals surface area contributed by atoms with Crippen LogP contribution in [0.15, 0.2) is 0 Å². The van der Waals surface area contributed by atoms with E-state index in [9.17, 15) is 9.59 Å². The minimum Gasteiger partial charge on any atom is -0.469 e. The second kappa shape index (κ2) is 11.9. The average molecular weight is 359 g/mol. The lowest BCUT2D eigenvalue weighted by Crippen LogP contribution is -2.31. The SMILES string of the molecule is COC(=O)[C@@H]1CCC[C@@H]1N.COC(=O)[C@H]1CCC[C@H]1N.Cl.Cl. The molecular formula is C14H28Cl2N2O4. The highest BCUT2D eigenvalue weighted by molar-refractivity contribution is 5.85. The van der Waals surface area contributed by atoms with Gasteiger partial charge in [0.2, 0.25) is 0 Å². The summed E-state index contributed by atoms with van der Waals surface area (Å²) in [6.07, 6.45) is 5.82. The molecular weight excluding hydrogens is 331 g/mol. The van der Waals surface area contributed by atoms with Gasteiger partial charge in [-0.05, 0) is 25.7 Å². The number of hydrogen-bond acceptors (Lipinski definition) is 6. The van der Waals surface area contributed by atoms with Gasteiger partial charge in [0.1, 0.15) is 0 Å². The molecule has 0 bridgehead atoms. The van der Waals surface area contributed by atoms with Crippen molar-refractivity contribution in [3.8, 4) is 0 Å². The Hall–Kier alpha value is -0.560. The van der Waals surface area contributed by atoms with Crippen LogP contribution in [0.4, 0.5) is 0 Å². The summed E-state index contributed by atoms with van der Waals surface area (Å²) in [5.41, 5.74) is 11.3. The van der Waals surface area contributed by atoms with Crippen molar-refractivity contribution in [3.05, 3.63) is 0 Å². The Morgan fingerprint density at radius 3 is 1.27 bits per heavy atom. The smallest absolute Gasteiger partial charge is 0.310 e. The number of halogens is 2. The average Bonchev–Trinajstić information content (AvgIpc) is 3.06. The standard InChI is InChI=1S/2C7H13NO2.2ClH/c2*1-10-7(9)5-3-2-4-6(5)8;;/h2*5-6H,2-4,8H2,1H3;2*1H/t2*5-,6+;;/m10../s1. The van der Waals surface area contributed by atoms with E-state index in [2.05, 4.69) is 9.47 Å². The van der Waals surface area contributed by atoms with Gasteiger partial charge in [-0.2, -0.15) is 0 Å². The Morgan fingerprint density at radius 2 is 1.09 bits per heavy atom. The highest BCUT2D eigenvalue weighted by Gasteiger charge is 2.31. The van der Waals surface area contributed by atoms with Crippen LogP contribution in [0, 0.1) is 11.8 Å². The summed E-state index contributed by atoms with van der Waals surface area (Å²) in [5, 5.41) is 0. The minimum atomic E-state index is -0.148. The summed E-state index contributed by atoms with van der Waals surface area (Å²) in [7, 11) is 2.82. The molecule has 2 rings (SSSR count). The van der Waals surface area contributed by atoms with E-state index in [4.69, 9.17) is 11.5 Å². The van der Waals surface area contributed by atoms with Crippen molar-refractivity contribution in [2.45, 2.75) is 50.6 Å². The zero-order valence-electron chi connectivity index (χ0n) is 13.2. The highest BCUT2D eigenvalue weighted by Crippen LogP contribution is 2.25. The normalized spacial score (nSPS) is 29.3. The number of esters is 2. The molecule has 0 aliphatic heterocycles. The molecule has 2 fully saturated rings. The van der Waals surface area contributed by atoms with Crippen molar-refractivity contribution in [2.75, 3.05) is 14.2 Å². The van der Waals surface area contributed by atoms with Gasteiger partial charge in [-0.3, -0.25) is 9.59 Å². The fourth-order valence-electron chi connectivity index (χ4n) is 2.87. The first-order valence-electron chi connectivity index (χ1n) is 7.18. The Bertz CT molecular complexity index is 313. The summed E-state index contributed by atoms with van der Waals surface area (Å²) >= 11 is 0. The van der Waals surface area contributed by atoms with Crippen LogP contribution in [0.5, 0.6) is 0 Å². The number of rotatable bonds is 2. The molecule has 0 aromatic rings. The van der Waals surface area contributed by atoms with Gasteiger partial charge in [0.25, 0.3) is 0 Å². The fourth-order valence-corrected chi connectivity index (χ4v) is 2.87. The number of methoxy groups -OCH3 is 2. The van der Waals surface area contributed by atoms with E-state index in [1.807, 2.05) is 0 Å². The summed E-state index contributed by atoms with van der Waals surface area (Å²) < 4.78 is 9.17. The van der Waals surface area contributed by atoms with E-state index in [0.29, 0.717) is 0 Å². The van der Waals surface area contributed by atoms with Crippen LogP contribution in [-0.2, 0) is 19.1 Å². The Morgan fingerprint density at radius 1 is 0.773 bits per heavy atom. The highest BCUT2D eigenvalue weighted by atomic mass is 35.5. The molecule has 0 aromatic carbocycles. The molecule has 0 saturated heterocycles. The maximum Gasteiger partial charge on any atom is 0.310 e. The third-order valence-corrected chi connectivity index (χ3v) is 4.15. The third kappa shape index (κ3) is 6.69. The molecule has 2 aliphatic carbocycles. The number of ether oxygens (including phenoxy) is 2. The molecule has 0 amide bonds. The van der Waals surface area contributed by atoms with E-state index in [0.717, 1.165) is 38.5 Å². The van der Waals surface area contributed by atoms with Gasteiger partial charge in [0.15, 0.2) is 0 Å². The first kappa shape index (κ1) is 23.7. The Labute approximate surface area is 144 Å². The van der Waals surface area contributed by atoms with Gasteiger partial charge in [-0.25, -0.2) is 0 Å². The molecule has 2 aliphatic rings. The Balaban J connectivity index is 0. The van der Waals surface area contributed by atoms with E-state index in [1.165, 1.54) is 14.2 Å². The molecule has 8 heteroatoms. The third-order valence-electron chi connectivity index (χ3n) is 4.15. The lowest BCUT2D eigenvalue weighted by atomic mass is 10.1. The lowest BCUT2D eigenvalue weighted by molar-refractivity contribution is -0.146. The van der Waals surface area contributed by atoms with Crippen molar-refractivity contribution in [1.29, 1.82) is 0 Å². The molecule has 0 spiro atoms. The summed E-state index contributed by atoms with van der Waals surface area (Å²) in [6, 6.07) is 0.0694. The molecule has 4 N–H and O–H groups in total. The number of hydrogen-bond donors (Lipinski definition) is 2. The van der Waals surface area contributed by atoms with Crippen LogP contribution in [-0.4, -0.2) is 38.2 Å². The van der Waals surface area contributed by atoms with E-state index < -0.39 is 0 Å². The van der Waals surface area contributed by atoms with Gasteiger partial charge in [0.05, 0.1) is 26.1 Å². The van der Waals surface area contributed by atoms with Gasteiger partial charge >= 0.3 is 11.9 Å². The van der Waals surface area contributed by atoms with Crippen molar-refractivity contribution < 1.29 is 19.1 Å². The molecule has 0 aromatic heterocycles. The monoisotopic (exact) mass is 358 g/mol. The zero-order valence-corrected chi connectivity index (χ0v) is 14.8. The maximum atomic E-state index is 10.9. The first-order chi connectivity index (χ1) is 9.51. The largest absolute Gasteiger partial charge is 0.469 e. The fraction of sp³-hybridized carbons (Fsp3) is 0.857. The number of carbonyl (C=O) groups excluding carboxylic acids is 2. The van der Waals surface area contributed by atoms with Crippen LogP contribution in [0.2, 0.25) is 0 Å². The molecule has 6 nitrogen and oxygen atoms in total. The number of nitrogens with two attached hydrogens (primary N) is 2. The van der Waals surface area contributed by atoms with Gasteiger partial charge in [-0.1, -0.05) is 12.8 Å². The molecule has 22 heavy (non-hydrogen) atoms. The first-order valence-corrected chi connectivity index (χ1v) is 7.18.